The number of ether oxygens (including phenoxy) is 1. The van der Waals surface area contributed by atoms with E-state index in [4.69, 9.17) is 9.15 Å². The van der Waals surface area contributed by atoms with Crippen LogP contribution in [-0.2, 0) is 22.6 Å². The number of aromatic nitrogens is 2. The molecule has 130 valence electrons. The number of hydrogen-bond donors (Lipinski definition) is 1. The number of esters is 1. The number of fused-ring (bicyclic) bond motifs is 1. The van der Waals surface area contributed by atoms with Gasteiger partial charge in [0.25, 0.3) is 5.56 Å². The Labute approximate surface area is 146 Å². The summed E-state index contributed by atoms with van der Waals surface area (Å²) in [5.41, 5.74) is -0.285. The van der Waals surface area contributed by atoms with E-state index in [1.807, 2.05) is 0 Å². The summed E-state index contributed by atoms with van der Waals surface area (Å²) in [5.74, 6) is -0.336. The van der Waals surface area contributed by atoms with Gasteiger partial charge in [0, 0.05) is 5.38 Å². The van der Waals surface area contributed by atoms with Crippen molar-refractivity contribution in [2.75, 3.05) is 6.61 Å². The van der Waals surface area contributed by atoms with Crippen LogP contribution in [-0.4, -0.2) is 28.0 Å². The number of carbonyl (C=O) groups excluding carboxylic acids is 2. The van der Waals surface area contributed by atoms with Crippen LogP contribution in [0.3, 0.4) is 0 Å². The first-order valence-corrected chi connectivity index (χ1v) is 8.41. The topological polar surface area (TPSA) is 103 Å². The van der Waals surface area contributed by atoms with E-state index in [1.165, 1.54) is 23.9 Å². The highest BCUT2D eigenvalue weighted by molar-refractivity contribution is 7.17. The Balaban J connectivity index is 1.81. The first kappa shape index (κ1) is 16.9. The van der Waals surface area contributed by atoms with Gasteiger partial charge in [-0.2, -0.15) is 0 Å². The third-order valence-corrected chi connectivity index (χ3v) is 4.30. The Morgan fingerprint density at radius 3 is 3.00 bits per heavy atom. The van der Waals surface area contributed by atoms with Crippen molar-refractivity contribution in [3.63, 3.8) is 0 Å². The van der Waals surface area contributed by atoms with Crippen LogP contribution in [0.5, 0.6) is 0 Å². The minimum absolute atomic E-state index is 0.171. The van der Waals surface area contributed by atoms with Crippen molar-refractivity contribution in [2.45, 2.75) is 20.0 Å². The second-order valence-corrected chi connectivity index (χ2v) is 5.94. The maximum absolute atomic E-state index is 12.6. The molecule has 0 spiro atoms. The number of thiophene rings is 1. The summed E-state index contributed by atoms with van der Waals surface area (Å²) in [6.07, 6.45) is 2.81. The van der Waals surface area contributed by atoms with Gasteiger partial charge in [0.2, 0.25) is 5.91 Å². The Bertz CT molecular complexity index is 958. The second-order valence-electron chi connectivity index (χ2n) is 5.08. The lowest BCUT2D eigenvalue weighted by molar-refractivity contribution is -0.122. The molecule has 0 aliphatic rings. The molecule has 0 saturated carbocycles. The average Bonchev–Trinajstić information content (AvgIpc) is 3.25. The summed E-state index contributed by atoms with van der Waals surface area (Å²) in [7, 11) is 0. The Hall–Kier alpha value is -2.94. The molecule has 8 nitrogen and oxygen atoms in total. The van der Waals surface area contributed by atoms with E-state index < -0.39 is 11.5 Å². The summed E-state index contributed by atoms with van der Waals surface area (Å²) in [4.78, 5) is 41.2. The van der Waals surface area contributed by atoms with Crippen molar-refractivity contribution in [1.82, 2.24) is 14.9 Å². The van der Waals surface area contributed by atoms with Crippen LogP contribution < -0.4 is 10.9 Å². The van der Waals surface area contributed by atoms with Gasteiger partial charge < -0.3 is 14.5 Å². The summed E-state index contributed by atoms with van der Waals surface area (Å²) in [6.45, 7) is 1.91. The first-order chi connectivity index (χ1) is 12.1. The fraction of sp³-hybridized carbons (Fsp3) is 0.250. The van der Waals surface area contributed by atoms with Crippen LogP contribution in [0.2, 0.25) is 0 Å². The molecule has 1 N–H and O–H groups in total. The quantitative estimate of drug-likeness (QED) is 0.668. The number of nitrogens with one attached hydrogen (secondary N) is 1. The summed E-state index contributed by atoms with van der Waals surface area (Å²) >= 11 is 1.18. The summed E-state index contributed by atoms with van der Waals surface area (Å²) < 4.78 is 11.2. The highest BCUT2D eigenvalue weighted by Crippen LogP contribution is 2.21. The van der Waals surface area contributed by atoms with Crippen LogP contribution in [0.4, 0.5) is 0 Å². The standard InChI is InChI=1S/C16H15N3O5S/c1-2-23-16(22)11-8-25-14-13(11)15(21)19(9-18-14)7-12(20)17-6-10-4-3-5-24-10/h3-5,8-9H,2,6-7H2,1H3,(H,17,20). The van der Waals surface area contributed by atoms with Crippen molar-refractivity contribution < 1.29 is 18.7 Å². The lowest BCUT2D eigenvalue weighted by Crippen LogP contribution is -2.32. The van der Waals surface area contributed by atoms with E-state index in [9.17, 15) is 14.4 Å². The van der Waals surface area contributed by atoms with E-state index in [1.54, 1.807) is 24.4 Å². The van der Waals surface area contributed by atoms with Crippen molar-refractivity contribution in [3.05, 3.63) is 51.8 Å². The van der Waals surface area contributed by atoms with Crippen LogP contribution in [0, 0.1) is 0 Å². The normalized spacial score (nSPS) is 10.8. The lowest BCUT2D eigenvalue weighted by atomic mass is 10.2. The van der Waals surface area contributed by atoms with Gasteiger partial charge in [0.1, 0.15) is 17.1 Å². The van der Waals surface area contributed by atoms with Crippen molar-refractivity contribution in [3.8, 4) is 0 Å². The number of rotatable bonds is 6. The van der Waals surface area contributed by atoms with Gasteiger partial charge in [0.05, 0.1) is 36.7 Å². The molecule has 1 amide bonds. The first-order valence-electron chi connectivity index (χ1n) is 7.53. The highest BCUT2D eigenvalue weighted by Gasteiger charge is 2.19. The molecule has 0 aliphatic heterocycles. The average molecular weight is 361 g/mol. The molecule has 25 heavy (non-hydrogen) atoms. The summed E-state index contributed by atoms with van der Waals surface area (Å²) in [5, 5.41) is 4.36. The lowest BCUT2D eigenvalue weighted by Gasteiger charge is -2.06. The van der Waals surface area contributed by atoms with E-state index in [0.717, 1.165) is 4.57 Å². The molecular weight excluding hydrogens is 346 g/mol. The molecule has 0 radical (unpaired) electrons. The third-order valence-electron chi connectivity index (χ3n) is 3.41. The summed E-state index contributed by atoms with van der Waals surface area (Å²) in [6, 6.07) is 3.45. The maximum Gasteiger partial charge on any atom is 0.339 e. The van der Waals surface area contributed by atoms with Gasteiger partial charge in [-0.25, -0.2) is 9.78 Å². The van der Waals surface area contributed by atoms with E-state index in [2.05, 4.69) is 10.3 Å². The zero-order chi connectivity index (χ0) is 17.8. The minimum atomic E-state index is -0.576. The number of amides is 1. The SMILES string of the molecule is CCOC(=O)c1csc2ncn(CC(=O)NCc3ccco3)c(=O)c12. The maximum atomic E-state index is 12.6. The Morgan fingerprint density at radius 1 is 1.44 bits per heavy atom. The number of furan rings is 1. The van der Waals surface area contributed by atoms with Crippen molar-refractivity contribution in [1.29, 1.82) is 0 Å². The molecule has 0 aliphatic carbocycles. The number of hydrogen-bond acceptors (Lipinski definition) is 7. The van der Waals surface area contributed by atoms with E-state index >= 15 is 0 Å². The third kappa shape index (κ3) is 3.61. The van der Waals surface area contributed by atoms with E-state index in [0.29, 0.717) is 10.6 Å². The molecule has 0 aromatic carbocycles. The molecule has 3 heterocycles. The van der Waals surface area contributed by atoms with Crippen molar-refractivity contribution in [2.24, 2.45) is 0 Å². The van der Waals surface area contributed by atoms with Crippen LogP contribution in [0.25, 0.3) is 10.2 Å². The van der Waals surface area contributed by atoms with Crippen LogP contribution in [0.1, 0.15) is 23.0 Å². The molecule has 3 aromatic heterocycles. The molecule has 0 fully saturated rings. The Kier molecular flexibility index (Phi) is 4.94. The monoisotopic (exact) mass is 361 g/mol. The van der Waals surface area contributed by atoms with Gasteiger partial charge >= 0.3 is 5.97 Å². The fourth-order valence-electron chi connectivity index (χ4n) is 2.25. The second kappa shape index (κ2) is 7.31. The minimum Gasteiger partial charge on any atom is -0.467 e. The molecule has 3 aromatic rings. The van der Waals surface area contributed by atoms with Gasteiger partial charge in [-0.05, 0) is 19.1 Å². The largest absolute Gasteiger partial charge is 0.467 e. The molecule has 0 atom stereocenters. The van der Waals surface area contributed by atoms with Crippen LogP contribution >= 0.6 is 11.3 Å². The number of nitrogens with zero attached hydrogens (tertiary/aromatic N) is 2. The highest BCUT2D eigenvalue weighted by atomic mass is 32.1. The predicted octanol–water partition coefficient (Wildman–Crippen LogP) is 1.54. The van der Waals surface area contributed by atoms with Gasteiger partial charge in [0.15, 0.2) is 0 Å². The molecule has 3 rings (SSSR count). The number of carbonyl (C=O) groups is 2. The Morgan fingerprint density at radius 2 is 2.28 bits per heavy atom. The molecule has 0 unspecified atom stereocenters. The molecular formula is C16H15N3O5S. The van der Waals surface area contributed by atoms with E-state index in [-0.39, 0.29) is 36.6 Å². The fourth-order valence-corrected chi connectivity index (χ4v) is 3.12. The molecule has 0 bridgehead atoms. The zero-order valence-corrected chi connectivity index (χ0v) is 14.2. The smallest absolute Gasteiger partial charge is 0.339 e. The van der Waals surface area contributed by atoms with Crippen molar-refractivity contribution >= 4 is 33.4 Å². The van der Waals surface area contributed by atoms with Gasteiger partial charge in [-0.15, -0.1) is 11.3 Å². The van der Waals surface area contributed by atoms with Gasteiger partial charge in [-0.3, -0.25) is 14.2 Å². The van der Waals surface area contributed by atoms with Crippen LogP contribution in [0.15, 0.2) is 39.3 Å². The predicted molar refractivity (Wildman–Crippen MR) is 90.4 cm³/mol. The van der Waals surface area contributed by atoms with Gasteiger partial charge in [-0.1, -0.05) is 0 Å². The molecule has 9 heteroatoms. The molecule has 0 saturated heterocycles. The zero-order valence-electron chi connectivity index (χ0n) is 13.4.